The Morgan fingerprint density at radius 1 is 1.00 bits per heavy atom. The molecule has 2 aliphatic heterocycles. The normalized spacial score (nSPS) is 27.9. The van der Waals surface area contributed by atoms with E-state index in [-0.39, 0.29) is 31.7 Å². The van der Waals surface area contributed by atoms with Gasteiger partial charge < -0.3 is 25.5 Å². The zero-order valence-electron chi connectivity index (χ0n) is 30.7. The van der Waals surface area contributed by atoms with Crippen molar-refractivity contribution in [3.8, 4) is 11.1 Å². The van der Waals surface area contributed by atoms with Crippen LogP contribution < -0.4 is 15.4 Å². The highest BCUT2D eigenvalue weighted by atomic mass is 32.2. The van der Waals surface area contributed by atoms with Gasteiger partial charge in [-0.3, -0.25) is 23.9 Å². The average molecular weight is 760 g/mol. The number of hydrogen-bond donors (Lipinski definition) is 4. The molecule has 1 saturated heterocycles. The monoisotopic (exact) mass is 759 g/mol. The largest absolute Gasteiger partial charge is 0.390 e. The highest BCUT2D eigenvalue weighted by molar-refractivity contribution is 7.91. The summed E-state index contributed by atoms with van der Waals surface area (Å²) in [4.78, 5) is 63.2. The molecule has 54 heavy (non-hydrogen) atoms. The van der Waals surface area contributed by atoms with Gasteiger partial charge in [0.25, 0.3) is 5.91 Å². The molecule has 2 saturated carbocycles. The Labute approximate surface area is 316 Å². The maximum absolute atomic E-state index is 14.5. The van der Waals surface area contributed by atoms with Gasteiger partial charge in [-0.15, -0.1) is 0 Å². The number of oxime groups is 1. The average Bonchev–Trinajstić information content (AvgIpc) is 4.05. The lowest BCUT2D eigenvalue weighted by Crippen LogP contribution is -2.58. The van der Waals surface area contributed by atoms with Crippen LogP contribution in [0.4, 0.5) is 0 Å². The standard InChI is InChI=1S/C40H49N5O8S/c1-24(2)20-34(46)37(48)41-32-17-7-5-3-4-6-12-25-22-40(25,39(50)44-54(51,52)27-18-19-27)42-36(47)33-21-26(23-45(33)38(32)49)53-43-35-30-15-10-8-13-28(30)29-14-9-11-16-31(29)35/h6,8-16,24-27,32-34,46H,3-5,7,17-23H2,1-2H3,(H,41,48)(H,42,47)(H,44,50)/b12-6-/t25?,26-,32+,33+,34+,40?/m1/s1. The van der Waals surface area contributed by atoms with Gasteiger partial charge in [-0.2, -0.15) is 0 Å². The molecule has 0 spiro atoms. The van der Waals surface area contributed by atoms with Crippen molar-refractivity contribution in [2.24, 2.45) is 17.0 Å². The van der Waals surface area contributed by atoms with Crippen LogP contribution in [0.15, 0.2) is 65.8 Å². The molecule has 4 amide bonds. The second-order valence-electron chi connectivity index (χ2n) is 15.7. The summed E-state index contributed by atoms with van der Waals surface area (Å²) in [5.41, 5.74) is 2.95. The van der Waals surface area contributed by atoms with Crippen molar-refractivity contribution >= 4 is 39.4 Å². The number of nitrogens with one attached hydrogen (secondary N) is 3. The van der Waals surface area contributed by atoms with Gasteiger partial charge in [0.1, 0.15) is 35.5 Å². The molecule has 4 N–H and O–H groups in total. The summed E-state index contributed by atoms with van der Waals surface area (Å²) in [6, 6.07) is 13.6. The summed E-state index contributed by atoms with van der Waals surface area (Å²) in [5.74, 6) is -2.97. The van der Waals surface area contributed by atoms with Gasteiger partial charge in [0.05, 0.1) is 11.8 Å². The molecule has 2 aromatic carbocycles. The molecule has 13 nitrogen and oxygen atoms in total. The van der Waals surface area contributed by atoms with Crippen molar-refractivity contribution in [3.63, 3.8) is 0 Å². The van der Waals surface area contributed by atoms with Crippen molar-refractivity contribution in [2.75, 3.05) is 6.54 Å². The number of aliphatic hydroxyl groups excluding tert-OH is 1. The Kier molecular flexibility index (Phi) is 10.7. The first-order valence-electron chi connectivity index (χ1n) is 19.1. The molecule has 288 valence electrons. The number of sulfonamides is 1. The van der Waals surface area contributed by atoms with Crippen molar-refractivity contribution < 1.29 is 37.5 Å². The van der Waals surface area contributed by atoms with Crippen LogP contribution in [0.1, 0.15) is 89.2 Å². The fourth-order valence-electron chi connectivity index (χ4n) is 7.88. The molecule has 3 fully saturated rings. The topological polar surface area (TPSA) is 184 Å². The third-order valence-electron chi connectivity index (χ3n) is 11.1. The van der Waals surface area contributed by atoms with Crippen LogP contribution in [-0.2, 0) is 34.0 Å². The SMILES string of the molecule is CC(C)C[C@H](O)C(=O)N[C@H]1CCCCC/C=C\C2CC2(C(=O)NS(=O)(=O)C2CC2)NC(=O)[C@@H]2C[C@@H](ON=C3c4ccccc4-c4ccccc43)CN2C1=O. The zero-order chi connectivity index (χ0) is 38.2. The molecule has 2 heterocycles. The number of hydrogen-bond acceptors (Lipinski definition) is 9. The second kappa shape index (κ2) is 15.3. The lowest BCUT2D eigenvalue weighted by atomic mass is 10.0. The number of benzene rings is 2. The summed E-state index contributed by atoms with van der Waals surface area (Å²) < 4.78 is 27.9. The molecule has 7 rings (SSSR count). The van der Waals surface area contributed by atoms with Crippen molar-refractivity contribution in [1.82, 2.24) is 20.3 Å². The molecular weight excluding hydrogens is 711 g/mol. The number of rotatable bonds is 9. The quantitative estimate of drug-likeness (QED) is 0.189. The van der Waals surface area contributed by atoms with E-state index in [4.69, 9.17) is 4.84 Å². The summed E-state index contributed by atoms with van der Waals surface area (Å²) >= 11 is 0. The molecule has 2 aromatic rings. The fraction of sp³-hybridized carbons (Fsp3) is 0.525. The first kappa shape index (κ1) is 37.7. The first-order valence-corrected chi connectivity index (χ1v) is 20.7. The third kappa shape index (κ3) is 7.81. The zero-order valence-corrected chi connectivity index (χ0v) is 31.5. The number of allylic oxidation sites excluding steroid dienone is 1. The molecule has 0 radical (unpaired) electrons. The van der Waals surface area contributed by atoms with Crippen LogP contribution in [0.25, 0.3) is 11.1 Å². The Bertz CT molecular complexity index is 1930. The van der Waals surface area contributed by atoms with Crippen molar-refractivity contribution in [2.45, 2.75) is 113 Å². The van der Waals surface area contributed by atoms with Crippen LogP contribution in [0.3, 0.4) is 0 Å². The lowest BCUT2D eigenvalue weighted by Gasteiger charge is -2.30. The van der Waals surface area contributed by atoms with E-state index in [1.165, 1.54) is 4.90 Å². The predicted molar refractivity (Wildman–Crippen MR) is 201 cm³/mol. The molecule has 3 aliphatic carbocycles. The molecule has 0 aromatic heterocycles. The maximum atomic E-state index is 14.5. The highest BCUT2D eigenvalue weighted by Gasteiger charge is 2.62. The van der Waals surface area contributed by atoms with Gasteiger partial charge in [-0.1, -0.05) is 92.5 Å². The number of fused-ring (bicyclic) bond motifs is 5. The molecule has 2 unspecified atom stereocenters. The molecule has 14 heteroatoms. The number of aliphatic hydroxyl groups is 1. The van der Waals surface area contributed by atoms with Crippen molar-refractivity contribution in [1.29, 1.82) is 0 Å². The van der Waals surface area contributed by atoms with Gasteiger partial charge in [-0.05, 0) is 62.0 Å². The minimum atomic E-state index is -3.89. The molecule has 5 aliphatic rings. The van der Waals surface area contributed by atoms with E-state index in [9.17, 15) is 32.7 Å². The third-order valence-corrected chi connectivity index (χ3v) is 12.9. The van der Waals surface area contributed by atoms with Crippen LogP contribution in [-0.4, -0.2) is 89.4 Å². The summed E-state index contributed by atoms with van der Waals surface area (Å²) in [6.07, 6.45) is 6.30. The summed E-state index contributed by atoms with van der Waals surface area (Å²) in [5, 5.41) is 20.2. The van der Waals surface area contributed by atoms with E-state index in [1.54, 1.807) is 0 Å². The van der Waals surface area contributed by atoms with Crippen molar-refractivity contribution in [3.05, 3.63) is 71.8 Å². The van der Waals surface area contributed by atoms with E-state index in [1.807, 2.05) is 74.5 Å². The van der Waals surface area contributed by atoms with Crippen LogP contribution in [0.5, 0.6) is 0 Å². The minimum Gasteiger partial charge on any atom is -0.390 e. The van der Waals surface area contributed by atoms with E-state index < -0.39 is 74.7 Å². The number of carbonyl (C=O) groups is 4. The first-order chi connectivity index (χ1) is 25.9. The summed E-state index contributed by atoms with van der Waals surface area (Å²) in [7, 11) is -3.89. The number of carbonyl (C=O) groups excluding carboxylic acids is 4. The van der Waals surface area contributed by atoms with Crippen LogP contribution in [0.2, 0.25) is 0 Å². The van der Waals surface area contributed by atoms with E-state index >= 15 is 0 Å². The van der Waals surface area contributed by atoms with E-state index in [0.29, 0.717) is 37.8 Å². The fourth-order valence-corrected chi connectivity index (χ4v) is 9.24. The van der Waals surface area contributed by atoms with Gasteiger partial charge in [0.2, 0.25) is 27.7 Å². The van der Waals surface area contributed by atoms with Crippen LogP contribution in [0, 0.1) is 11.8 Å². The molecule has 6 atom stereocenters. The van der Waals surface area contributed by atoms with E-state index in [0.717, 1.165) is 35.1 Å². The second-order valence-corrected chi connectivity index (χ2v) is 17.7. The Morgan fingerprint density at radius 2 is 1.67 bits per heavy atom. The van der Waals surface area contributed by atoms with E-state index in [2.05, 4.69) is 20.5 Å². The van der Waals surface area contributed by atoms with Gasteiger partial charge in [-0.25, -0.2) is 8.42 Å². The maximum Gasteiger partial charge on any atom is 0.259 e. The smallest absolute Gasteiger partial charge is 0.259 e. The minimum absolute atomic E-state index is 0.0313. The Morgan fingerprint density at radius 3 is 2.31 bits per heavy atom. The number of amides is 4. The molecule has 0 bridgehead atoms. The van der Waals surface area contributed by atoms with Gasteiger partial charge >= 0.3 is 0 Å². The Hall–Kier alpha value is -4.56. The van der Waals surface area contributed by atoms with Gasteiger partial charge in [0.15, 0.2) is 0 Å². The predicted octanol–water partition coefficient (Wildman–Crippen LogP) is 3.30. The number of nitrogens with zero attached hydrogens (tertiary/aromatic N) is 2. The molecular formula is C40H49N5O8S. The summed E-state index contributed by atoms with van der Waals surface area (Å²) in [6.45, 7) is 3.74. The lowest BCUT2D eigenvalue weighted by molar-refractivity contribution is -0.143. The Balaban J connectivity index is 1.18. The van der Waals surface area contributed by atoms with Crippen LogP contribution >= 0.6 is 0 Å². The van der Waals surface area contributed by atoms with Gasteiger partial charge in [0, 0.05) is 23.5 Å². The highest BCUT2D eigenvalue weighted by Crippen LogP contribution is 2.46.